The summed E-state index contributed by atoms with van der Waals surface area (Å²) in [5, 5.41) is 12.1. The lowest BCUT2D eigenvalue weighted by Crippen LogP contribution is -2.03. The van der Waals surface area contributed by atoms with Gasteiger partial charge in [0.2, 0.25) is 0 Å². The van der Waals surface area contributed by atoms with Crippen molar-refractivity contribution in [2.24, 2.45) is 0 Å². The van der Waals surface area contributed by atoms with Gasteiger partial charge in [-0.3, -0.25) is 0 Å². The van der Waals surface area contributed by atoms with Crippen LogP contribution >= 0.6 is 46.4 Å². The standard InChI is InChI=1S/C14H10Cl4O/c15-9-4-5-10(12(17)7-9)13(19)6-8-2-1-3-11(16)14(8)18/h1-5,7,13,19H,6H2. The third kappa shape index (κ3) is 3.56. The zero-order valence-electron chi connectivity index (χ0n) is 9.71. The zero-order chi connectivity index (χ0) is 14.0. The summed E-state index contributed by atoms with van der Waals surface area (Å²) in [6, 6.07) is 10.3. The summed E-state index contributed by atoms with van der Waals surface area (Å²) in [6.45, 7) is 0. The monoisotopic (exact) mass is 334 g/mol. The van der Waals surface area contributed by atoms with E-state index >= 15 is 0 Å². The fraction of sp³-hybridized carbons (Fsp3) is 0.143. The Labute approximate surface area is 131 Å². The number of benzene rings is 2. The molecule has 100 valence electrons. The molecule has 0 heterocycles. The van der Waals surface area contributed by atoms with Gasteiger partial charge in [0.05, 0.1) is 16.1 Å². The van der Waals surface area contributed by atoms with E-state index in [9.17, 15) is 5.11 Å². The van der Waals surface area contributed by atoms with Gasteiger partial charge in [0.1, 0.15) is 0 Å². The summed E-state index contributed by atoms with van der Waals surface area (Å²) in [5.74, 6) is 0. The van der Waals surface area contributed by atoms with Crippen molar-refractivity contribution in [2.45, 2.75) is 12.5 Å². The van der Waals surface area contributed by atoms with Crippen molar-refractivity contribution >= 4 is 46.4 Å². The first-order chi connectivity index (χ1) is 8.99. The average molecular weight is 336 g/mol. The van der Waals surface area contributed by atoms with E-state index in [0.717, 1.165) is 5.56 Å². The minimum Gasteiger partial charge on any atom is -0.388 e. The normalized spacial score (nSPS) is 12.5. The molecule has 0 aliphatic rings. The molecule has 5 heteroatoms. The predicted molar refractivity (Wildman–Crippen MR) is 81.6 cm³/mol. The zero-order valence-corrected chi connectivity index (χ0v) is 12.7. The molecular weight excluding hydrogens is 326 g/mol. The number of hydrogen-bond acceptors (Lipinski definition) is 1. The highest BCUT2D eigenvalue weighted by atomic mass is 35.5. The number of aliphatic hydroxyl groups is 1. The van der Waals surface area contributed by atoms with E-state index < -0.39 is 6.10 Å². The maximum atomic E-state index is 10.2. The van der Waals surface area contributed by atoms with Crippen LogP contribution in [0.25, 0.3) is 0 Å². The largest absolute Gasteiger partial charge is 0.388 e. The first kappa shape index (κ1) is 15.0. The van der Waals surface area contributed by atoms with Crippen molar-refractivity contribution < 1.29 is 5.11 Å². The second kappa shape index (κ2) is 6.34. The molecule has 0 aromatic heterocycles. The van der Waals surface area contributed by atoms with Crippen LogP contribution in [0.3, 0.4) is 0 Å². The van der Waals surface area contributed by atoms with Crippen molar-refractivity contribution in [3.63, 3.8) is 0 Å². The molecule has 0 saturated carbocycles. The molecule has 1 nitrogen and oxygen atoms in total. The van der Waals surface area contributed by atoms with E-state index in [4.69, 9.17) is 46.4 Å². The molecule has 0 amide bonds. The fourth-order valence-electron chi connectivity index (χ4n) is 1.80. The lowest BCUT2D eigenvalue weighted by atomic mass is 10.0. The van der Waals surface area contributed by atoms with Crippen LogP contribution in [0.15, 0.2) is 36.4 Å². The van der Waals surface area contributed by atoms with Crippen LogP contribution in [-0.4, -0.2) is 5.11 Å². The molecule has 0 saturated heterocycles. The number of aliphatic hydroxyl groups excluding tert-OH is 1. The van der Waals surface area contributed by atoms with E-state index in [2.05, 4.69) is 0 Å². The first-order valence-electron chi connectivity index (χ1n) is 5.55. The SMILES string of the molecule is OC(Cc1cccc(Cl)c1Cl)c1ccc(Cl)cc1Cl. The first-order valence-corrected chi connectivity index (χ1v) is 7.06. The van der Waals surface area contributed by atoms with E-state index in [1.165, 1.54) is 0 Å². The highest BCUT2D eigenvalue weighted by molar-refractivity contribution is 6.42. The van der Waals surface area contributed by atoms with Gasteiger partial charge in [-0.25, -0.2) is 0 Å². The lowest BCUT2D eigenvalue weighted by Gasteiger charge is -2.14. The third-order valence-corrected chi connectivity index (χ3v) is 4.19. The summed E-state index contributed by atoms with van der Waals surface area (Å²) >= 11 is 23.9. The van der Waals surface area contributed by atoms with Crippen molar-refractivity contribution in [3.8, 4) is 0 Å². The molecule has 19 heavy (non-hydrogen) atoms. The number of hydrogen-bond donors (Lipinski definition) is 1. The van der Waals surface area contributed by atoms with Crippen molar-refractivity contribution in [1.82, 2.24) is 0 Å². The van der Waals surface area contributed by atoms with Gasteiger partial charge in [-0.2, -0.15) is 0 Å². The third-order valence-electron chi connectivity index (χ3n) is 2.77. The Morgan fingerprint density at radius 3 is 2.37 bits per heavy atom. The Balaban J connectivity index is 2.25. The van der Waals surface area contributed by atoms with Crippen LogP contribution in [-0.2, 0) is 6.42 Å². The maximum Gasteiger partial charge on any atom is 0.0845 e. The van der Waals surface area contributed by atoms with E-state index in [1.54, 1.807) is 30.3 Å². The molecule has 2 aromatic carbocycles. The number of rotatable bonds is 3. The topological polar surface area (TPSA) is 20.2 Å². The highest BCUT2D eigenvalue weighted by Gasteiger charge is 2.15. The lowest BCUT2D eigenvalue weighted by molar-refractivity contribution is 0.178. The van der Waals surface area contributed by atoms with Gasteiger partial charge >= 0.3 is 0 Å². The highest BCUT2D eigenvalue weighted by Crippen LogP contribution is 2.32. The molecule has 0 fully saturated rings. The second-order valence-electron chi connectivity index (χ2n) is 4.10. The second-order valence-corrected chi connectivity index (χ2v) is 5.73. The van der Waals surface area contributed by atoms with Crippen LogP contribution in [0.5, 0.6) is 0 Å². The van der Waals surface area contributed by atoms with Crippen molar-refractivity contribution in [1.29, 1.82) is 0 Å². The van der Waals surface area contributed by atoms with Gasteiger partial charge in [0.15, 0.2) is 0 Å². The van der Waals surface area contributed by atoms with Gasteiger partial charge in [-0.15, -0.1) is 0 Å². The number of halogens is 4. The van der Waals surface area contributed by atoms with Gasteiger partial charge in [-0.05, 0) is 29.3 Å². The summed E-state index contributed by atoms with van der Waals surface area (Å²) in [4.78, 5) is 0. The van der Waals surface area contributed by atoms with Crippen LogP contribution < -0.4 is 0 Å². The van der Waals surface area contributed by atoms with Crippen LogP contribution in [0.2, 0.25) is 20.1 Å². The molecule has 2 aromatic rings. The van der Waals surface area contributed by atoms with Crippen molar-refractivity contribution in [2.75, 3.05) is 0 Å². The van der Waals surface area contributed by atoms with Crippen LogP contribution in [0, 0.1) is 0 Å². The molecule has 0 bridgehead atoms. The molecule has 0 radical (unpaired) electrons. The van der Waals surface area contributed by atoms with Gasteiger partial charge in [-0.1, -0.05) is 64.6 Å². The summed E-state index contributed by atoms with van der Waals surface area (Å²) in [5.41, 5.74) is 1.38. The minimum absolute atomic E-state index is 0.334. The fourth-order valence-corrected chi connectivity index (χ4v) is 2.73. The molecule has 0 spiro atoms. The molecular formula is C14H10Cl4O. The molecule has 1 atom stereocenters. The molecule has 2 rings (SSSR count). The van der Waals surface area contributed by atoms with Gasteiger partial charge in [0.25, 0.3) is 0 Å². The maximum absolute atomic E-state index is 10.2. The Morgan fingerprint density at radius 1 is 0.947 bits per heavy atom. The predicted octanol–water partition coefficient (Wildman–Crippen LogP) is 5.58. The van der Waals surface area contributed by atoms with Crippen molar-refractivity contribution in [3.05, 3.63) is 67.6 Å². The molecule has 1 N–H and O–H groups in total. The molecule has 1 unspecified atom stereocenters. The van der Waals surface area contributed by atoms with Crippen LogP contribution in [0.4, 0.5) is 0 Å². The Kier molecular flexibility index (Phi) is 4.99. The summed E-state index contributed by atoms with van der Waals surface area (Å²) in [6.07, 6.45) is -0.429. The molecule has 0 aliphatic heterocycles. The minimum atomic E-state index is -0.763. The molecule has 0 aliphatic carbocycles. The van der Waals surface area contributed by atoms with E-state index in [0.29, 0.717) is 32.1 Å². The average Bonchev–Trinajstić information content (AvgIpc) is 2.34. The summed E-state index contributed by atoms with van der Waals surface area (Å²) in [7, 11) is 0. The quantitative estimate of drug-likeness (QED) is 0.776. The summed E-state index contributed by atoms with van der Waals surface area (Å²) < 4.78 is 0. The Morgan fingerprint density at radius 2 is 1.68 bits per heavy atom. The van der Waals surface area contributed by atoms with E-state index in [-0.39, 0.29) is 0 Å². The van der Waals surface area contributed by atoms with E-state index in [1.807, 2.05) is 6.07 Å². The Hall–Kier alpha value is -0.440. The Bertz CT molecular complexity index is 598. The van der Waals surface area contributed by atoms with Crippen LogP contribution in [0.1, 0.15) is 17.2 Å². The van der Waals surface area contributed by atoms with Gasteiger partial charge < -0.3 is 5.11 Å². The van der Waals surface area contributed by atoms with Gasteiger partial charge in [0, 0.05) is 16.5 Å². The smallest absolute Gasteiger partial charge is 0.0845 e.